The van der Waals surface area contributed by atoms with Crippen LogP contribution in [-0.2, 0) is 11.3 Å². The second-order valence-corrected chi connectivity index (χ2v) is 5.40. The van der Waals surface area contributed by atoms with E-state index in [4.69, 9.17) is 10.5 Å². The van der Waals surface area contributed by atoms with Gasteiger partial charge in [-0.2, -0.15) is 5.10 Å². The van der Waals surface area contributed by atoms with Gasteiger partial charge in [0.2, 0.25) is 11.8 Å². The van der Waals surface area contributed by atoms with E-state index in [1.54, 1.807) is 17.0 Å². The molecule has 0 aliphatic carbocycles. The highest BCUT2D eigenvalue weighted by Gasteiger charge is 2.25. The van der Waals surface area contributed by atoms with Crippen LogP contribution in [-0.4, -0.2) is 40.2 Å². The molecule has 2 N–H and O–H groups in total. The number of amides is 1. The Kier molecular flexibility index (Phi) is 5.88. The molecule has 112 valence electrons. The van der Waals surface area contributed by atoms with Gasteiger partial charge < -0.3 is 15.4 Å². The second-order valence-electron chi connectivity index (χ2n) is 5.40. The average molecular weight is 280 g/mol. The quantitative estimate of drug-likeness (QED) is 0.847. The van der Waals surface area contributed by atoms with Crippen molar-refractivity contribution in [3.05, 3.63) is 17.8 Å². The van der Waals surface area contributed by atoms with Gasteiger partial charge in [0.05, 0.1) is 25.4 Å². The third kappa shape index (κ3) is 4.16. The Balaban J connectivity index is 2.83. The lowest BCUT2D eigenvalue weighted by Crippen LogP contribution is -2.48. The van der Waals surface area contributed by atoms with Gasteiger partial charge >= 0.3 is 0 Å². The Morgan fingerprint density at radius 1 is 1.30 bits per heavy atom. The number of nitrogens with two attached hydrogens (primary N) is 1. The Morgan fingerprint density at radius 2 is 1.95 bits per heavy atom. The number of hydrogen-bond donors (Lipinski definition) is 1. The maximum absolute atomic E-state index is 12.4. The zero-order valence-corrected chi connectivity index (χ0v) is 12.8. The molecular weight excluding hydrogens is 256 g/mol. The number of hydrogen-bond acceptors (Lipinski definition) is 5. The third-order valence-corrected chi connectivity index (χ3v) is 3.15. The summed E-state index contributed by atoms with van der Waals surface area (Å²) in [7, 11) is 1.54. The highest BCUT2D eigenvalue weighted by atomic mass is 16.5. The molecule has 1 atom stereocenters. The van der Waals surface area contributed by atoms with Gasteiger partial charge in [0.15, 0.2) is 0 Å². The number of methoxy groups -OCH3 is 1. The topological polar surface area (TPSA) is 81.3 Å². The van der Waals surface area contributed by atoms with E-state index in [9.17, 15) is 4.79 Å². The van der Waals surface area contributed by atoms with E-state index in [2.05, 4.69) is 10.2 Å². The van der Waals surface area contributed by atoms with Gasteiger partial charge in [-0.1, -0.05) is 13.8 Å². The lowest BCUT2D eigenvalue weighted by atomic mass is 10.0. The lowest BCUT2D eigenvalue weighted by Gasteiger charge is -2.30. The molecule has 0 saturated heterocycles. The standard InChI is InChI=1S/C14H24N4O2/c1-9(2)13(15)14(19)18(10(3)4)8-11-6-7-12(20-5)17-16-11/h6-7,9-10,13H,8,15H2,1-5H3. The van der Waals surface area contributed by atoms with Crippen molar-refractivity contribution < 1.29 is 9.53 Å². The summed E-state index contributed by atoms with van der Waals surface area (Å²) in [5.41, 5.74) is 6.66. The number of aromatic nitrogens is 2. The van der Waals surface area contributed by atoms with Crippen molar-refractivity contribution in [2.45, 2.75) is 46.3 Å². The minimum absolute atomic E-state index is 0.0520. The summed E-state index contributed by atoms with van der Waals surface area (Å²) >= 11 is 0. The van der Waals surface area contributed by atoms with Gasteiger partial charge in [0, 0.05) is 12.1 Å². The fraction of sp³-hybridized carbons (Fsp3) is 0.643. The van der Waals surface area contributed by atoms with Gasteiger partial charge in [-0.05, 0) is 25.8 Å². The van der Waals surface area contributed by atoms with Crippen LogP contribution in [0.15, 0.2) is 12.1 Å². The molecule has 1 unspecified atom stereocenters. The number of rotatable bonds is 6. The number of ether oxygens (including phenoxy) is 1. The van der Waals surface area contributed by atoms with Crippen molar-refractivity contribution in [1.29, 1.82) is 0 Å². The summed E-state index contributed by atoms with van der Waals surface area (Å²) in [6.45, 7) is 8.19. The van der Waals surface area contributed by atoms with E-state index in [-0.39, 0.29) is 17.9 Å². The molecule has 0 aliphatic heterocycles. The zero-order chi connectivity index (χ0) is 15.3. The first kappa shape index (κ1) is 16.4. The summed E-state index contributed by atoms with van der Waals surface area (Å²) < 4.78 is 4.96. The first-order valence-corrected chi connectivity index (χ1v) is 6.79. The van der Waals surface area contributed by atoms with Gasteiger partial charge in [0.1, 0.15) is 0 Å². The van der Waals surface area contributed by atoms with Crippen molar-refractivity contribution in [2.24, 2.45) is 11.7 Å². The molecule has 0 bridgehead atoms. The molecule has 0 radical (unpaired) electrons. The molecule has 0 aliphatic rings. The van der Waals surface area contributed by atoms with E-state index in [0.717, 1.165) is 0 Å². The minimum Gasteiger partial charge on any atom is -0.480 e. The van der Waals surface area contributed by atoms with Crippen molar-refractivity contribution in [3.8, 4) is 5.88 Å². The Labute approximate surface area is 120 Å². The number of nitrogens with zero attached hydrogens (tertiary/aromatic N) is 3. The van der Waals surface area contributed by atoms with Crippen LogP contribution < -0.4 is 10.5 Å². The molecule has 0 saturated carbocycles. The Morgan fingerprint density at radius 3 is 2.35 bits per heavy atom. The fourth-order valence-corrected chi connectivity index (χ4v) is 1.71. The Bertz CT molecular complexity index is 431. The van der Waals surface area contributed by atoms with Crippen molar-refractivity contribution in [2.75, 3.05) is 7.11 Å². The van der Waals surface area contributed by atoms with Crippen molar-refractivity contribution in [1.82, 2.24) is 15.1 Å². The van der Waals surface area contributed by atoms with Gasteiger partial charge in [-0.25, -0.2) is 0 Å². The van der Waals surface area contributed by atoms with Gasteiger partial charge in [-0.15, -0.1) is 5.10 Å². The van der Waals surface area contributed by atoms with E-state index in [0.29, 0.717) is 18.1 Å². The summed E-state index contributed by atoms with van der Waals surface area (Å²) in [6, 6.07) is 3.09. The molecule has 1 rings (SSSR count). The van der Waals surface area contributed by atoms with Crippen LogP contribution in [0.25, 0.3) is 0 Å². The van der Waals surface area contributed by atoms with E-state index in [1.165, 1.54) is 7.11 Å². The molecule has 0 aromatic carbocycles. The van der Waals surface area contributed by atoms with Crippen LogP contribution in [0.2, 0.25) is 0 Å². The summed E-state index contributed by atoms with van der Waals surface area (Å²) in [4.78, 5) is 14.1. The average Bonchev–Trinajstić information content (AvgIpc) is 2.43. The summed E-state index contributed by atoms with van der Waals surface area (Å²) in [5, 5.41) is 7.96. The van der Waals surface area contributed by atoms with Crippen LogP contribution in [0.5, 0.6) is 5.88 Å². The zero-order valence-electron chi connectivity index (χ0n) is 12.8. The van der Waals surface area contributed by atoms with Crippen LogP contribution in [0, 0.1) is 5.92 Å². The van der Waals surface area contributed by atoms with Crippen molar-refractivity contribution >= 4 is 5.91 Å². The van der Waals surface area contributed by atoms with E-state index < -0.39 is 6.04 Å². The lowest BCUT2D eigenvalue weighted by molar-refractivity contribution is -0.136. The predicted molar refractivity (Wildman–Crippen MR) is 77.1 cm³/mol. The molecule has 6 nitrogen and oxygen atoms in total. The van der Waals surface area contributed by atoms with Crippen LogP contribution in [0.1, 0.15) is 33.4 Å². The van der Waals surface area contributed by atoms with E-state index >= 15 is 0 Å². The molecular formula is C14H24N4O2. The second kappa shape index (κ2) is 7.19. The van der Waals surface area contributed by atoms with Gasteiger partial charge in [-0.3, -0.25) is 4.79 Å². The highest BCUT2D eigenvalue weighted by Crippen LogP contribution is 2.12. The van der Waals surface area contributed by atoms with E-state index in [1.807, 2.05) is 27.7 Å². The number of carbonyl (C=O) groups is 1. The summed E-state index contributed by atoms with van der Waals surface area (Å²) in [6.07, 6.45) is 0. The summed E-state index contributed by atoms with van der Waals surface area (Å²) in [5.74, 6) is 0.494. The Hall–Kier alpha value is -1.69. The normalized spacial score (nSPS) is 12.6. The van der Waals surface area contributed by atoms with Crippen LogP contribution in [0.4, 0.5) is 0 Å². The molecule has 6 heteroatoms. The molecule has 0 spiro atoms. The molecule has 1 heterocycles. The van der Waals surface area contributed by atoms with Crippen LogP contribution >= 0.6 is 0 Å². The monoisotopic (exact) mass is 280 g/mol. The maximum Gasteiger partial charge on any atom is 0.240 e. The smallest absolute Gasteiger partial charge is 0.240 e. The largest absolute Gasteiger partial charge is 0.480 e. The maximum atomic E-state index is 12.4. The number of carbonyl (C=O) groups excluding carboxylic acids is 1. The predicted octanol–water partition coefficient (Wildman–Crippen LogP) is 1.21. The van der Waals surface area contributed by atoms with Gasteiger partial charge in [0.25, 0.3) is 0 Å². The molecule has 0 fully saturated rings. The first-order valence-electron chi connectivity index (χ1n) is 6.79. The highest BCUT2D eigenvalue weighted by molar-refractivity contribution is 5.82. The third-order valence-electron chi connectivity index (χ3n) is 3.15. The molecule has 1 aromatic heterocycles. The first-order chi connectivity index (χ1) is 9.36. The van der Waals surface area contributed by atoms with Crippen molar-refractivity contribution in [3.63, 3.8) is 0 Å². The fourth-order valence-electron chi connectivity index (χ4n) is 1.71. The van der Waals surface area contributed by atoms with Crippen LogP contribution in [0.3, 0.4) is 0 Å². The molecule has 1 amide bonds. The molecule has 20 heavy (non-hydrogen) atoms. The minimum atomic E-state index is -0.497. The molecule has 1 aromatic rings. The SMILES string of the molecule is COc1ccc(CN(C(=O)C(N)C(C)C)C(C)C)nn1.